The Hall–Kier alpha value is -3.16. The van der Waals surface area contributed by atoms with E-state index in [0.717, 1.165) is 16.4 Å². The van der Waals surface area contributed by atoms with Crippen LogP contribution in [0.25, 0.3) is 0 Å². The molecule has 0 aliphatic heterocycles. The van der Waals surface area contributed by atoms with Gasteiger partial charge in [0, 0.05) is 0 Å². The number of phenols is 1. The number of hydrogen-bond acceptors (Lipinski definition) is 4. The van der Waals surface area contributed by atoms with Gasteiger partial charge in [-0.2, -0.15) is 0 Å². The molecule has 0 saturated heterocycles. The van der Waals surface area contributed by atoms with Crippen LogP contribution in [0, 0.1) is 12.7 Å². The molecule has 3 aromatic carbocycles. The van der Waals surface area contributed by atoms with Gasteiger partial charge >= 0.3 is 5.97 Å². The van der Waals surface area contributed by atoms with Crippen molar-refractivity contribution in [3.8, 4) is 11.5 Å². The van der Waals surface area contributed by atoms with Crippen molar-refractivity contribution >= 4 is 24.7 Å². The molecule has 180 valence electrons. The minimum Gasteiger partial charge on any atom is -0.507 e. The Morgan fingerprint density at radius 2 is 1.53 bits per heavy atom. The van der Waals surface area contributed by atoms with Crippen LogP contribution in [0.2, 0.25) is 5.04 Å². The molecule has 0 aliphatic rings. The SMILES string of the molecule is Cc1cc(O)c(C(=O)O)c(O[C@H](C)CO[Si](c2ccccc2)(c2ccccc2)C(C)(C)C)c1F. The largest absolute Gasteiger partial charge is 0.507 e. The first-order valence-electron chi connectivity index (χ1n) is 11.2. The summed E-state index contributed by atoms with van der Waals surface area (Å²) in [4.78, 5) is 11.7. The van der Waals surface area contributed by atoms with E-state index in [4.69, 9.17) is 9.16 Å². The van der Waals surface area contributed by atoms with Crippen molar-refractivity contribution in [2.45, 2.75) is 45.8 Å². The van der Waals surface area contributed by atoms with Crippen LogP contribution in [0.4, 0.5) is 4.39 Å². The molecule has 0 aliphatic carbocycles. The van der Waals surface area contributed by atoms with Crippen molar-refractivity contribution in [2.75, 3.05) is 6.61 Å². The predicted molar refractivity (Wildman–Crippen MR) is 133 cm³/mol. The normalized spacial score (nSPS) is 12.9. The van der Waals surface area contributed by atoms with Gasteiger partial charge < -0.3 is 19.4 Å². The number of carboxylic acid groups (broad SMARTS) is 1. The van der Waals surface area contributed by atoms with Gasteiger partial charge in [-0.3, -0.25) is 0 Å². The van der Waals surface area contributed by atoms with Crippen molar-refractivity contribution in [1.29, 1.82) is 0 Å². The fraction of sp³-hybridized carbons (Fsp3) is 0.296. The number of carboxylic acids is 1. The Morgan fingerprint density at radius 1 is 1.03 bits per heavy atom. The van der Waals surface area contributed by atoms with Gasteiger partial charge in [0.2, 0.25) is 0 Å². The van der Waals surface area contributed by atoms with Crippen LogP contribution in [0.15, 0.2) is 66.7 Å². The molecule has 7 heteroatoms. The van der Waals surface area contributed by atoms with Crippen molar-refractivity contribution in [2.24, 2.45) is 0 Å². The molecule has 0 radical (unpaired) electrons. The molecule has 0 heterocycles. The lowest BCUT2D eigenvalue weighted by Crippen LogP contribution is -2.67. The maximum atomic E-state index is 14.8. The average molecular weight is 483 g/mol. The molecule has 0 unspecified atom stereocenters. The third kappa shape index (κ3) is 4.86. The van der Waals surface area contributed by atoms with Gasteiger partial charge in [0.15, 0.2) is 11.6 Å². The van der Waals surface area contributed by atoms with E-state index in [9.17, 15) is 19.4 Å². The maximum Gasteiger partial charge on any atom is 0.343 e. The molecule has 1 atom stereocenters. The number of rotatable bonds is 8. The van der Waals surface area contributed by atoms with E-state index in [2.05, 4.69) is 45.0 Å². The molecule has 3 rings (SSSR count). The lowest BCUT2D eigenvalue weighted by atomic mass is 10.1. The molecule has 0 bridgehead atoms. The number of hydrogen-bond donors (Lipinski definition) is 2. The highest BCUT2D eigenvalue weighted by atomic mass is 28.4. The van der Waals surface area contributed by atoms with Gasteiger partial charge in [0.1, 0.15) is 17.4 Å². The zero-order valence-corrected chi connectivity index (χ0v) is 21.1. The van der Waals surface area contributed by atoms with Gasteiger partial charge in [0.25, 0.3) is 8.32 Å². The number of aryl methyl sites for hydroxylation is 1. The van der Waals surface area contributed by atoms with E-state index in [1.165, 1.54) is 6.92 Å². The summed E-state index contributed by atoms with van der Waals surface area (Å²) >= 11 is 0. The van der Waals surface area contributed by atoms with E-state index in [-0.39, 0.29) is 17.2 Å². The summed E-state index contributed by atoms with van der Waals surface area (Å²) in [6.07, 6.45) is -0.685. The predicted octanol–water partition coefficient (Wildman–Crippen LogP) is 4.88. The minimum absolute atomic E-state index is 0.0950. The van der Waals surface area contributed by atoms with Crippen LogP contribution < -0.4 is 15.1 Å². The van der Waals surface area contributed by atoms with Crippen molar-refractivity contribution in [1.82, 2.24) is 0 Å². The highest BCUT2D eigenvalue weighted by Crippen LogP contribution is 2.38. The van der Waals surface area contributed by atoms with Crippen molar-refractivity contribution < 1.29 is 28.6 Å². The smallest absolute Gasteiger partial charge is 0.343 e. The fourth-order valence-corrected chi connectivity index (χ4v) is 8.94. The van der Waals surface area contributed by atoms with Gasteiger partial charge in [-0.1, -0.05) is 81.4 Å². The molecule has 3 aromatic rings. The van der Waals surface area contributed by atoms with Crippen LogP contribution in [0.1, 0.15) is 43.6 Å². The first-order chi connectivity index (χ1) is 16.0. The van der Waals surface area contributed by atoms with E-state index >= 15 is 0 Å². The zero-order chi connectivity index (χ0) is 25.1. The Kier molecular flexibility index (Phi) is 7.48. The molecule has 34 heavy (non-hydrogen) atoms. The van der Waals surface area contributed by atoms with Crippen LogP contribution in [-0.4, -0.2) is 37.2 Å². The van der Waals surface area contributed by atoms with Crippen molar-refractivity contribution in [3.05, 3.63) is 83.7 Å². The second kappa shape index (κ2) is 9.99. The number of benzene rings is 3. The monoisotopic (exact) mass is 482 g/mol. The third-order valence-corrected chi connectivity index (χ3v) is 10.9. The van der Waals surface area contributed by atoms with E-state index in [1.807, 2.05) is 36.4 Å². The lowest BCUT2D eigenvalue weighted by Gasteiger charge is -2.43. The van der Waals surface area contributed by atoms with E-state index in [1.54, 1.807) is 6.92 Å². The topological polar surface area (TPSA) is 76.0 Å². The van der Waals surface area contributed by atoms with Gasteiger partial charge in [-0.05, 0) is 40.9 Å². The van der Waals surface area contributed by atoms with Crippen LogP contribution in [-0.2, 0) is 4.43 Å². The highest BCUT2D eigenvalue weighted by molar-refractivity contribution is 6.99. The highest BCUT2D eigenvalue weighted by Gasteiger charge is 2.50. The van der Waals surface area contributed by atoms with Gasteiger partial charge in [-0.15, -0.1) is 0 Å². The first-order valence-corrected chi connectivity index (χ1v) is 13.1. The van der Waals surface area contributed by atoms with Gasteiger partial charge in [0.05, 0.1) is 6.61 Å². The minimum atomic E-state index is -2.84. The third-order valence-electron chi connectivity index (χ3n) is 5.87. The summed E-state index contributed by atoms with van der Waals surface area (Å²) in [6, 6.07) is 21.2. The summed E-state index contributed by atoms with van der Waals surface area (Å²) in [5.41, 5.74) is -0.502. The summed E-state index contributed by atoms with van der Waals surface area (Å²) in [5.74, 6) is -3.30. The molecule has 0 saturated carbocycles. The van der Waals surface area contributed by atoms with Gasteiger partial charge in [-0.25, -0.2) is 9.18 Å². The second-order valence-electron chi connectivity index (χ2n) is 9.44. The van der Waals surface area contributed by atoms with E-state index in [0.29, 0.717) is 0 Å². The standard InChI is InChI=1S/C27H31FO5Si/c1-18-16-22(29)23(26(30)31)25(24(18)28)33-19(2)17-32-34(27(3,4)5,20-12-8-6-9-13-20)21-14-10-7-11-15-21/h6-16,19,29H,17H2,1-5H3,(H,30,31)/t19-/m1/s1. The van der Waals surface area contributed by atoms with Crippen molar-refractivity contribution in [3.63, 3.8) is 0 Å². The van der Waals surface area contributed by atoms with Crippen LogP contribution in [0.3, 0.4) is 0 Å². The van der Waals surface area contributed by atoms with E-state index < -0.39 is 43.3 Å². The molecule has 0 spiro atoms. The first kappa shape index (κ1) is 25.5. The molecular formula is C27H31FO5Si. The quantitative estimate of drug-likeness (QED) is 0.448. The molecule has 0 fully saturated rings. The number of halogens is 1. The van der Waals surface area contributed by atoms with Crippen LogP contribution >= 0.6 is 0 Å². The summed E-state index contributed by atoms with van der Waals surface area (Å²) in [5, 5.41) is 21.5. The second-order valence-corrected chi connectivity index (χ2v) is 13.7. The molecule has 2 N–H and O–H groups in total. The number of aromatic carboxylic acids is 1. The molecular weight excluding hydrogens is 451 g/mol. The average Bonchev–Trinajstić information content (AvgIpc) is 2.78. The fourth-order valence-electron chi connectivity index (χ4n) is 4.30. The number of aromatic hydroxyl groups is 1. The zero-order valence-electron chi connectivity index (χ0n) is 20.1. The Labute approximate surface area is 200 Å². The molecule has 0 amide bonds. The molecule has 5 nitrogen and oxygen atoms in total. The maximum absolute atomic E-state index is 14.8. The summed E-state index contributed by atoms with van der Waals surface area (Å²) < 4.78 is 27.4. The Bertz CT molecular complexity index is 1100. The lowest BCUT2D eigenvalue weighted by molar-refractivity contribution is 0.0678. The Morgan fingerprint density at radius 3 is 1.97 bits per heavy atom. The summed E-state index contributed by atoms with van der Waals surface area (Å²) in [6.45, 7) is 9.67. The molecule has 0 aromatic heterocycles. The number of ether oxygens (including phenoxy) is 1. The Balaban J connectivity index is 2.00. The summed E-state index contributed by atoms with van der Waals surface area (Å²) in [7, 11) is -2.84. The number of carbonyl (C=O) groups is 1. The van der Waals surface area contributed by atoms with Crippen LogP contribution in [0.5, 0.6) is 11.5 Å².